The molecule has 0 amide bonds. The van der Waals surface area contributed by atoms with Crippen molar-refractivity contribution in [2.45, 2.75) is 45.2 Å². The number of carbonyl (C=O) groups excluding carboxylic acids is 2. The van der Waals surface area contributed by atoms with Crippen molar-refractivity contribution in [3.63, 3.8) is 0 Å². The van der Waals surface area contributed by atoms with Crippen LogP contribution in [0.4, 0.5) is 13.2 Å². The number of aryl methyl sites for hydroxylation is 1. The van der Waals surface area contributed by atoms with Gasteiger partial charge in [-0.05, 0) is 95.4 Å². The molecule has 334 valence electrons. The number of hydrogen-bond donors (Lipinski definition) is 0. The smallest absolute Gasteiger partial charge is 0.753 e. The van der Waals surface area contributed by atoms with Gasteiger partial charge in [-0.3, -0.25) is 24.5 Å². The zero-order chi connectivity index (χ0) is 46.0. The van der Waals surface area contributed by atoms with E-state index < -0.39 is 11.9 Å². The van der Waals surface area contributed by atoms with E-state index >= 15 is 0 Å². The van der Waals surface area contributed by atoms with E-state index in [2.05, 4.69) is 90.1 Å². The summed E-state index contributed by atoms with van der Waals surface area (Å²) in [6.45, 7) is 2.85. The third-order valence-electron chi connectivity index (χ3n) is 9.04. The summed E-state index contributed by atoms with van der Waals surface area (Å²) < 4.78 is 48.2. The summed E-state index contributed by atoms with van der Waals surface area (Å²) in [5, 5.41) is 19.4. The van der Waals surface area contributed by atoms with E-state index in [9.17, 15) is 22.8 Å². The number of unbranched alkanes of at least 4 members (excludes halogenated alkanes) is 3. The maximum atomic E-state index is 12.7. The van der Waals surface area contributed by atoms with Gasteiger partial charge in [-0.1, -0.05) is 62.0 Å². The Hall–Kier alpha value is -6.38. The maximum absolute atomic E-state index is 12.7. The number of hydrogen-bond acceptors (Lipinski definition) is 13. The summed E-state index contributed by atoms with van der Waals surface area (Å²) in [6.07, 6.45) is 6.03. The molecule has 0 saturated carbocycles. The first-order valence-electron chi connectivity index (χ1n) is 19.6. The monoisotopic (exact) mass is 1050 g/mol. The molecule has 0 saturated heterocycles. The van der Waals surface area contributed by atoms with Crippen LogP contribution < -0.4 is 14.6 Å². The van der Waals surface area contributed by atoms with Crippen LogP contribution in [0.3, 0.4) is 0 Å². The Balaban J connectivity index is 0.000000241. The molecule has 0 radical (unpaired) electrons. The fourth-order valence-electron chi connectivity index (χ4n) is 6.11. The Morgan fingerprint density at radius 1 is 0.758 bits per heavy atom. The number of halogens is 3. The van der Waals surface area contributed by atoms with E-state index in [0.29, 0.717) is 47.2 Å². The Morgan fingerprint density at radius 3 is 2.15 bits per heavy atom. The van der Waals surface area contributed by atoms with Crippen molar-refractivity contribution < 1.29 is 51.7 Å². The number of isothiocyanates is 1. The van der Waals surface area contributed by atoms with Gasteiger partial charge in [-0.25, -0.2) is 4.98 Å². The molecule has 8 aromatic heterocycles. The number of ether oxygens (including phenoxy) is 2. The van der Waals surface area contributed by atoms with Crippen LogP contribution >= 0.6 is 46.2 Å². The van der Waals surface area contributed by atoms with E-state index in [1.807, 2.05) is 30.3 Å². The third-order valence-corrected chi connectivity index (χ3v) is 12.1. The maximum Gasteiger partial charge on any atom is 2.00 e. The minimum Gasteiger partial charge on any atom is -0.753 e. The van der Waals surface area contributed by atoms with Gasteiger partial charge >= 0.3 is 25.7 Å². The van der Waals surface area contributed by atoms with Crippen molar-refractivity contribution in [3.8, 4) is 77.7 Å². The molecular formula is C47H34F3N7O4RuS4. The minimum atomic E-state index is -4.50. The van der Waals surface area contributed by atoms with Crippen LogP contribution in [0.5, 0.6) is 11.5 Å². The fourth-order valence-corrected chi connectivity index (χ4v) is 8.76. The predicted molar refractivity (Wildman–Crippen MR) is 251 cm³/mol. The number of nitrogens with zero attached hydrogens (tertiary/aromatic N) is 7. The average Bonchev–Trinajstić information content (AvgIpc) is 4.17. The molecule has 0 bridgehead atoms. The van der Waals surface area contributed by atoms with E-state index in [0.717, 1.165) is 39.8 Å². The normalized spacial score (nSPS) is 10.4. The van der Waals surface area contributed by atoms with Crippen LogP contribution in [0.15, 0.2) is 114 Å². The van der Waals surface area contributed by atoms with Gasteiger partial charge in [0, 0.05) is 57.0 Å². The van der Waals surface area contributed by atoms with Gasteiger partial charge < -0.3 is 25.1 Å². The van der Waals surface area contributed by atoms with Crippen molar-refractivity contribution in [1.29, 1.82) is 0 Å². The molecule has 8 heterocycles. The Labute approximate surface area is 407 Å². The number of pyridine rings is 4. The molecule has 0 atom stereocenters. The summed E-state index contributed by atoms with van der Waals surface area (Å²) in [6, 6.07) is 24.8. The third kappa shape index (κ3) is 14.3. The molecular weight excluding hydrogens is 1010 g/mol. The van der Waals surface area contributed by atoms with Crippen molar-refractivity contribution >= 4 is 64.3 Å². The van der Waals surface area contributed by atoms with Gasteiger partial charge in [-0.2, -0.15) is 18.3 Å². The predicted octanol–water partition coefficient (Wildman–Crippen LogP) is 12.1. The minimum absolute atomic E-state index is 0. The second-order valence-corrected chi connectivity index (χ2v) is 16.5. The number of rotatable bonds is 14. The summed E-state index contributed by atoms with van der Waals surface area (Å²) in [7, 11) is 0. The van der Waals surface area contributed by atoms with Crippen LogP contribution in [0.25, 0.3) is 59.8 Å². The van der Waals surface area contributed by atoms with E-state index in [1.54, 1.807) is 76.7 Å². The summed E-state index contributed by atoms with van der Waals surface area (Å²) in [5.74, 6) is 6.98. The van der Waals surface area contributed by atoms with Crippen molar-refractivity contribution in [2.24, 2.45) is 0 Å². The first-order chi connectivity index (χ1) is 31.6. The fraction of sp³-hybridized carbons (Fsp3) is 0.149. The van der Waals surface area contributed by atoms with Gasteiger partial charge in [0.2, 0.25) is 0 Å². The molecule has 0 unspecified atom stereocenters. The van der Waals surface area contributed by atoms with Crippen molar-refractivity contribution in [2.75, 3.05) is 0 Å². The van der Waals surface area contributed by atoms with Crippen LogP contribution in [0, 0.1) is 11.8 Å². The molecule has 0 spiro atoms. The first kappa shape index (κ1) is 50.6. The summed E-state index contributed by atoms with van der Waals surface area (Å²) in [4.78, 5) is 43.7. The molecule has 8 aromatic rings. The Kier molecular flexibility index (Phi) is 19.4. The number of alkyl halides is 3. The molecule has 11 nitrogen and oxygen atoms in total. The van der Waals surface area contributed by atoms with Crippen LogP contribution in [-0.4, -0.2) is 43.1 Å². The van der Waals surface area contributed by atoms with Gasteiger partial charge in [0.1, 0.15) is 17.2 Å². The number of thiocarbonyl (C=S) groups is 1. The summed E-state index contributed by atoms with van der Waals surface area (Å²) in [5.41, 5.74) is 4.39. The van der Waals surface area contributed by atoms with Gasteiger partial charge in [0.05, 0.1) is 33.3 Å². The second-order valence-electron chi connectivity index (χ2n) is 13.4. The van der Waals surface area contributed by atoms with Crippen LogP contribution in [0.2, 0.25) is 0 Å². The molecule has 0 fully saturated rings. The van der Waals surface area contributed by atoms with Crippen LogP contribution in [-0.2, 0) is 41.7 Å². The molecule has 0 N–H and O–H groups in total. The molecule has 8 rings (SSSR count). The van der Waals surface area contributed by atoms with Crippen LogP contribution in [0.1, 0.15) is 54.3 Å². The molecule has 0 aliphatic rings. The van der Waals surface area contributed by atoms with Gasteiger partial charge in [0.15, 0.2) is 0 Å². The Bertz CT molecular complexity index is 2940. The van der Waals surface area contributed by atoms with Gasteiger partial charge in [0.25, 0.3) is 12.9 Å². The second kappa shape index (κ2) is 25.4. The van der Waals surface area contributed by atoms with Crippen molar-refractivity contribution in [3.05, 3.63) is 141 Å². The standard InChI is InChI=1S/C27H15N3O4S2.C19H19F3N3S.CNS.Ru/c31-16-33-19-8-10-29-23(13-19)25-15-20(34-17-32)14-24(30-25)22-12-18(7-9-28-22)3-4-21-5-6-27(36-21)26-2-1-11-35-26;1-2-3-4-5-6-13-8-10-26-18(13)14-7-9-23-15(11-14)16-12-17(25-24-16)19(20,21)22;2-1-3;/h1-2,5-17H;7-12H,2-6H2,1H3;;/q;2*-1;+2. The van der Waals surface area contributed by atoms with E-state index in [1.165, 1.54) is 45.9 Å². The zero-order valence-electron chi connectivity index (χ0n) is 34.5. The van der Waals surface area contributed by atoms with E-state index in [-0.39, 0.29) is 30.9 Å². The van der Waals surface area contributed by atoms with Gasteiger partial charge in [-0.15, -0.1) is 34.0 Å². The molecule has 0 aliphatic carbocycles. The average molecular weight is 1050 g/mol. The molecule has 0 aliphatic heterocycles. The largest absolute Gasteiger partial charge is 2.00 e. The summed E-state index contributed by atoms with van der Waals surface area (Å²) >= 11 is 8.68. The quantitative estimate of drug-likeness (QED) is 0.0255. The molecule has 0 aromatic carbocycles. The number of aromatic nitrogens is 6. The number of thiophene rings is 3. The molecule has 19 heteroatoms. The molecule has 66 heavy (non-hydrogen) atoms. The Morgan fingerprint density at radius 2 is 1.45 bits per heavy atom. The van der Waals surface area contributed by atoms with Crippen molar-refractivity contribution in [1.82, 2.24) is 30.1 Å². The zero-order valence-corrected chi connectivity index (χ0v) is 39.5. The SMILES string of the molecule is CCCCCCc1ccsc1-c1ccnc(-c2cc(C(F)(F)F)n[n-]2)c1.O=COc1ccnc(-c2cc(OC=O)cc(-c3cc(C#Cc4ccc(-c5cccs5)s4)ccn3)n2)c1.[N-]=C=S.[Ru+2]. The van der Waals surface area contributed by atoms with E-state index in [4.69, 9.17) is 14.9 Å². The topological polar surface area (TPSA) is 153 Å². The first-order valence-corrected chi connectivity index (χ1v) is 22.5. The number of carbonyl (C=O) groups is 2.